The highest BCUT2D eigenvalue weighted by atomic mass is 16.5. The molecule has 0 fully saturated rings. The van der Waals surface area contributed by atoms with E-state index in [2.05, 4.69) is 19.2 Å². The summed E-state index contributed by atoms with van der Waals surface area (Å²) in [6.07, 6.45) is 1.95. The van der Waals surface area contributed by atoms with Crippen molar-refractivity contribution >= 4 is 23.6 Å². The van der Waals surface area contributed by atoms with Crippen LogP contribution in [0.2, 0.25) is 0 Å². The van der Waals surface area contributed by atoms with E-state index in [0.717, 1.165) is 16.7 Å². The molecule has 0 bridgehead atoms. The predicted octanol–water partition coefficient (Wildman–Crippen LogP) is 4.93. The highest BCUT2D eigenvalue weighted by Gasteiger charge is 2.17. The number of carbonyl (C=O) groups excluding carboxylic acids is 2. The van der Waals surface area contributed by atoms with E-state index in [1.54, 1.807) is 25.3 Å². The Hall–Kier alpha value is -3.28. The second-order valence-electron chi connectivity index (χ2n) is 7.84. The van der Waals surface area contributed by atoms with E-state index in [0.29, 0.717) is 29.7 Å². The molecule has 0 heterocycles. The Balaban J connectivity index is 1.96. The molecule has 166 valence electrons. The molecule has 1 N–H and O–H groups in total. The van der Waals surface area contributed by atoms with Crippen LogP contribution in [0.5, 0.6) is 11.5 Å². The number of hydrogen-bond acceptors (Lipinski definition) is 5. The van der Waals surface area contributed by atoms with Crippen LogP contribution in [0.15, 0.2) is 42.5 Å². The number of rotatable bonds is 9. The number of nitrogens with one attached hydrogen (secondary N) is 1. The van der Waals surface area contributed by atoms with Crippen molar-refractivity contribution in [2.75, 3.05) is 19.0 Å². The first kappa shape index (κ1) is 24.0. The van der Waals surface area contributed by atoms with Gasteiger partial charge in [0.1, 0.15) is 0 Å². The molecule has 31 heavy (non-hydrogen) atoms. The average Bonchev–Trinajstić information content (AvgIpc) is 2.73. The smallest absolute Gasteiger partial charge is 0.331 e. The van der Waals surface area contributed by atoms with Gasteiger partial charge in [-0.25, -0.2) is 4.79 Å². The van der Waals surface area contributed by atoms with E-state index in [4.69, 9.17) is 14.2 Å². The maximum absolute atomic E-state index is 12.4. The van der Waals surface area contributed by atoms with Crippen molar-refractivity contribution < 1.29 is 23.8 Å². The number of ether oxygens (including phenoxy) is 3. The minimum Gasteiger partial charge on any atom is -0.493 e. The molecule has 0 spiro atoms. The fourth-order valence-corrected chi connectivity index (χ4v) is 2.70. The van der Waals surface area contributed by atoms with Crippen LogP contribution in [0.1, 0.15) is 37.5 Å². The second-order valence-corrected chi connectivity index (χ2v) is 7.84. The lowest BCUT2D eigenvalue weighted by molar-refractivity contribution is -0.148. The lowest BCUT2D eigenvalue weighted by Gasteiger charge is -2.14. The summed E-state index contributed by atoms with van der Waals surface area (Å²) in [5, 5.41) is 2.80. The summed E-state index contributed by atoms with van der Waals surface area (Å²) < 4.78 is 16.3. The number of methoxy groups -OCH3 is 1. The van der Waals surface area contributed by atoms with Gasteiger partial charge in [-0.05, 0) is 67.7 Å². The Bertz CT molecular complexity index is 949. The molecule has 0 radical (unpaired) electrons. The maximum Gasteiger partial charge on any atom is 0.331 e. The molecular formula is C25H31NO5. The zero-order valence-corrected chi connectivity index (χ0v) is 19.0. The van der Waals surface area contributed by atoms with Crippen LogP contribution in [-0.4, -0.2) is 31.7 Å². The van der Waals surface area contributed by atoms with Crippen molar-refractivity contribution in [3.05, 3.63) is 59.2 Å². The van der Waals surface area contributed by atoms with Gasteiger partial charge < -0.3 is 19.5 Å². The Labute approximate surface area is 184 Å². The number of esters is 1. The number of aryl methyl sites for hydroxylation is 2. The topological polar surface area (TPSA) is 73.9 Å². The van der Waals surface area contributed by atoms with Gasteiger partial charge in [0.2, 0.25) is 0 Å². The average molecular weight is 426 g/mol. The van der Waals surface area contributed by atoms with E-state index >= 15 is 0 Å². The highest BCUT2D eigenvalue weighted by molar-refractivity contribution is 5.97. The van der Waals surface area contributed by atoms with Crippen LogP contribution < -0.4 is 14.8 Å². The fourth-order valence-electron chi connectivity index (χ4n) is 2.70. The molecule has 2 aromatic rings. The minimum atomic E-state index is -0.932. The van der Waals surface area contributed by atoms with Gasteiger partial charge in [-0.2, -0.15) is 0 Å². The Morgan fingerprint density at radius 2 is 1.77 bits per heavy atom. The molecule has 2 aromatic carbocycles. The van der Waals surface area contributed by atoms with Gasteiger partial charge in [0, 0.05) is 11.8 Å². The molecule has 0 aliphatic rings. The molecule has 6 heteroatoms. The molecule has 1 amide bonds. The van der Waals surface area contributed by atoms with Crippen LogP contribution in [0.25, 0.3) is 6.08 Å². The van der Waals surface area contributed by atoms with Gasteiger partial charge in [0.15, 0.2) is 17.6 Å². The lowest BCUT2D eigenvalue weighted by atomic mass is 10.1. The van der Waals surface area contributed by atoms with Crippen molar-refractivity contribution in [1.29, 1.82) is 0 Å². The summed E-state index contributed by atoms with van der Waals surface area (Å²) in [4.78, 5) is 24.5. The molecule has 0 aromatic heterocycles. The standard InChI is InChI=1S/C25H31NO5/c1-16(2)15-30-22-11-9-20(14-23(22)29-6)10-12-24(27)31-19(5)25(28)26-21-13-17(3)7-8-18(21)4/h7-14,16,19H,15H2,1-6H3,(H,26,28)/b12-10+/t19-/m1/s1. The summed E-state index contributed by atoms with van der Waals surface area (Å²) in [6, 6.07) is 11.2. The van der Waals surface area contributed by atoms with Gasteiger partial charge in [0.05, 0.1) is 13.7 Å². The second kappa shape index (κ2) is 11.2. The summed E-state index contributed by atoms with van der Waals surface area (Å²) in [5.41, 5.74) is 3.42. The van der Waals surface area contributed by atoms with E-state index < -0.39 is 12.1 Å². The highest BCUT2D eigenvalue weighted by Crippen LogP contribution is 2.29. The summed E-state index contributed by atoms with van der Waals surface area (Å²) in [7, 11) is 1.57. The Morgan fingerprint density at radius 1 is 1.03 bits per heavy atom. The summed E-state index contributed by atoms with van der Waals surface area (Å²) in [5.74, 6) is 0.629. The fraction of sp³-hybridized carbons (Fsp3) is 0.360. The van der Waals surface area contributed by atoms with Crippen molar-refractivity contribution in [3.8, 4) is 11.5 Å². The molecular weight excluding hydrogens is 394 g/mol. The minimum absolute atomic E-state index is 0.385. The largest absolute Gasteiger partial charge is 0.493 e. The molecule has 0 unspecified atom stereocenters. The number of amides is 1. The number of benzene rings is 2. The monoisotopic (exact) mass is 425 g/mol. The first-order chi connectivity index (χ1) is 14.7. The third-order valence-electron chi connectivity index (χ3n) is 4.48. The zero-order chi connectivity index (χ0) is 23.0. The molecule has 1 atom stereocenters. The van der Waals surface area contributed by atoms with E-state index in [1.807, 2.05) is 38.1 Å². The normalized spacial score (nSPS) is 12.0. The van der Waals surface area contributed by atoms with Crippen molar-refractivity contribution in [3.63, 3.8) is 0 Å². The Morgan fingerprint density at radius 3 is 2.45 bits per heavy atom. The van der Waals surface area contributed by atoms with E-state index in [9.17, 15) is 9.59 Å². The van der Waals surface area contributed by atoms with E-state index in [-0.39, 0.29) is 5.91 Å². The number of anilines is 1. The molecule has 0 saturated carbocycles. The van der Waals surface area contributed by atoms with Crippen LogP contribution in [0.4, 0.5) is 5.69 Å². The molecule has 2 rings (SSSR count). The SMILES string of the molecule is COc1cc(/C=C/C(=O)O[C@H](C)C(=O)Nc2cc(C)ccc2C)ccc1OCC(C)C. The predicted molar refractivity (Wildman–Crippen MR) is 122 cm³/mol. The third kappa shape index (κ3) is 7.48. The van der Waals surface area contributed by atoms with Crippen molar-refractivity contribution in [2.45, 2.75) is 40.7 Å². The van der Waals surface area contributed by atoms with Gasteiger partial charge in [-0.15, -0.1) is 0 Å². The van der Waals surface area contributed by atoms with Gasteiger partial charge >= 0.3 is 5.97 Å². The first-order valence-electron chi connectivity index (χ1n) is 10.3. The third-order valence-corrected chi connectivity index (χ3v) is 4.48. The lowest BCUT2D eigenvalue weighted by Crippen LogP contribution is -2.29. The molecule has 0 saturated heterocycles. The molecule has 0 aliphatic heterocycles. The zero-order valence-electron chi connectivity index (χ0n) is 19.0. The maximum atomic E-state index is 12.4. The summed E-state index contributed by atoms with van der Waals surface area (Å²) >= 11 is 0. The van der Waals surface area contributed by atoms with Gasteiger partial charge in [-0.3, -0.25) is 4.79 Å². The van der Waals surface area contributed by atoms with Crippen LogP contribution in [0, 0.1) is 19.8 Å². The molecule has 6 nitrogen and oxygen atoms in total. The van der Waals surface area contributed by atoms with Crippen LogP contribution in [0.3, 0.4) is 0 Å². The first-order valence-corrected chi connectivity index (χ1v) is 10.3. The van der Waals surface area contributed by atoms with Crippen molar-refractivity contribution in [1.82, 2.24) is 0 Å². The van der Waals surface area contributed by atoms with Crippen molar-refractivity contribution in [2.24, 2.45) is 5.92 Å². The van der Waals surface area contributed by atoms with E-state index in [1.165, 1.54) is 13.0 Å². The quantitative estimate of drug-likeness (QED) is 0.455. The molecule has 0 aliphatic carbocycles. The number of hydrogen-bond donors (Lipinski definition) is 1. The van der Waals surface area contributed by atoms with Gasteiger partial charge in [-0.1, -0.05) is 32.0 Å². The van der Waals surface area contributed by atoms with Gasteiger partial charge in [0.25, 0.3) is 5.91 Å². The number of carbonyl (C=O) groups is 2. The summed E-state index contributed by atoms with van der Waals surface area (Å²) in [6.45, 7) is 10.1. The van der Waals surface area contributed by atoms with Crippen LogP contribution >= 0.6 is 0 Å². The van der Waals surface area contributed by atoms with Crippen LogP contribution in [-0.2, 0) is 14.3 Å². The Kier molecular flexibility index (Phi) is 8.67.